The minimum absolute atomic E-state index is 0.0412. The van der Waals surface area contributed by atoms with Gasteiger partial charge in [0.15, 0.2) is 0 Å². The fraction of sp³-hybridized carbons (Fsp3) is 0.240. The number of hydrogen-bond donors (Lipinski definition) is 3. The van der Waals surface area contributed by atoms with Gasteiger partial charge in [-0.2, -0.15) is 0 Å². The fourth-order valence-corrected chi connectivity index (χ4v) is 2.48. The van der Waals surface area contributed by atoms with Crippen LogP contribution in [0.25, 0.3) is 11.1 Å². The molecule has 0 heterocycles. The third kappa shape index (κ3) is 6.01. The second-order valence-electron chi connectivity index (χ2n) is 6.14. The van der Waals surface area contributed by atoms with Gasteiger partial charge in [0.05, 0.1) is 29.5 Å². The Morgan fingerprint density at radius 3 is 2.59 bits per heavy atom. The highest BCUT2D eigenvalue weighted by Crippen LogP contribution is 2.22. The number of rotatable bonds is 9. The smallest absolute Gasteiger partial charge is 0.335 e. The van der Waals surface area contributed by atoms with Gasteiger partial charge < -0.3 is 15.5 Å². The lowest BCUT2D eigenvalue weighted by Gasteiger charge is -2.13. The number of carboxylic acids is 1. The molecule has 0 spiro atoms. The summed E-state index contributed by atoms with van der Waals surface area (Å²) in [6.07, 6.45) is -2.40. The molecule has 0 bridgehead atoms. The zero-order valence-electron chi connectivity index (χ0n) is 28.6. The van der Waals surface area contributed by atoms with Crippen LogP contribution in [0.2, 0.25) is 0 Å². The van der Waals surface area contributed by atoms with Crippen LogP contribution < -0.4 is 5.32 Å². The minimum atomic E-state index is -2.49. The first kappa shape index (κ1) is 9.70. The Bertz CT molecular complexity index is 1580. The first-order valence-electron chi connectivity index (χ1n) is 15.3. The van der Waals surface area contributed by atoms with Crippen LogP contribution >= 0.6 is 0 Å². The van der Waals surface area contributed by atoms with Gasteiger partial charge in [-0.05, 0) is 60.6 Å². The van der Waals surface area contributed by atoms with E-state index in [1.54, 1.807) is 0 Å². The normalized spacial score (nSPS) is 19.3. The molecule has 0 fully saturated rings. The molecule has 0 aliphatic rings. The average Bonchev–Trinajstić information content (AvgIpc) is 2.91. The highest BCUT2D eigenvalue weighted by molar-refractivity contribution is 5.89. The molecule has 1 atom stereocenters. The van der Waals surface area contributed by atoms with Gasteiger partial charge in [-0.25, -0.2) is 4.79 Å². The van der Waals surface area contributed by atoms with Crippen LogP contribution in [-0.4, -0.2) is 29.3 Å². The third-order valence-electron chi connectivity index (χ3n) is 3.88. The largest absolute Gasteiger partial charge is 0.478 e. The fourth-order valence-electron chi connectivity index (χ4n) is 2.48. The third-order valence-corrected chi connectivity index (χ3v) is 3.88. The van der Waals surface area contributed by atoms with Gasteiger partial charge in [0.1, 0.15) is 0 Å². The molecule has 0 unspecified atom stereocenters. The van der Waals surface area contributed by atoms with Crippen molar-refractivity contribution in [3.63, 3.8) is 0 Å². The van der Waals surface area contributed by atoms with Gasteiger partial charge in [-0.15, -0.1) is 0 Å². The van der Waals surface area contributed by atoms with E-state index in [-0.39, 0.29) is 36.6 Å². The molecule has 29 heavy (non-hydrogen) atoms. The van der Waals surface area contributed by atoms with E-state index < -0.39 is 107 Å². The zero-order chi connectivity index (χ0) is 32.0. The van der Waals surface area contributed by atoms with Crippen molar-refractivity contribution in [2.75, 3.05) is 13.1 Å². The average molecular weight is 403 g/mol. The lowest BCUT2D eigenvalue weighted by molar-refractivity contribution is 0.0697. The molecule has 0 saturated heterocycles. The van der Waals surface area contributed by atoms with Crippen LogP contribution in [0, 0.1) is 6.92 Å². The van der Waals surface area contributed by atoms with Crippen LogP contribution in [0.1, 0.15) is 57.4 Å². The first-order valence-corrected chi connectivity index (χ1v) is 8.82. The molecule has 4 nitrogen and oxygen atoms in total. The van der Waals surface area contributed by atoms with Gasteiger partial charge in [0, 0.05) is 6.54 Å². The number of carbonyl (C=O) groups is 1. The monoisotopic (exact) mass is 402 g/mol. The lowest BCUT2D eigenvalue weighted by Crippen LogP contribution is -2.22. The summed E-state index contributed by atoms with van der Waals surface area (Å²) in [5.74, 6) is -1.71. The van der Waals surface area contributed by atoms with Crippen molar-refractivity contribution in [1.82, 2.24) is 5.32 Å². The first-order chi connectivity index (χ1) is 19.4. The maximum absolute atomic E-state index is 11.7. The Kier molecular flexibility index (Phi) is 3.35. The van der Waals surface area contributed by atoms with Crippen molar-refractivity contribution >= 4 is 5.97 Å². The molecule has 0 saturated carbocycles. The maximum Gasteiger partial charge on any atom is 0.335 e. The molecule has 3 rings (SSSR count). The number of aromatic carboxylic acids is 1. The molecule has 0 aromatic heterocycles. The number of nitrogens with one attached hydrogen (secondary N) is 1. The highest BCUT2D eigenvalue weighted by Gasteiger charge is 2.07. The molecule has 4 heteroatoms. The Morgan fingerprint density at radius 2 is 1.79 bits per heavy atom. The van der Waals surface area contributed by atoms with Crippen LogP contribution in [0.5, 0.6) is 0 Å². The van der Waals surface area contributed by atoms with Crippen molar-refractivity contribution in [3.8, 4) is 11.1 Å². The minimum Gasteiger partial charge on any atom is -0.478 e. The van der Waals surface area contributed by atoms with E-state index in [1.165, 1.54) is 6.92 Å². The second kappa shape index (κ2) is 10.0. The Morgan fingerprint density at radius 1 is 1.07 bits per heavy atom. The van der Waals surface area contributed by atoms with E-state index in [4.69, 9.17) is 17.8 Å². The summed E-state index contributed by atoms with van der Waals surface area (Å²) in [5.41, 5.74) is -2.40. The number of benzene rings is 3. The lowest BCUT2D eigenvalue weighted by atomic mass is 9.99. The molecule has 0 aliphatic heterocycles. The quantitative estimate of drug-likeness (QED) is 0.457. The summed E-state index contributed by atoms with van der Waals surface area (Å²) >= 11 is 0. The molecule has 150 valence electrons. The highest BCUT2D eigenvalue weighted by atomic mass is 16.4. The summed E-state index contributed by atoms with van der Waals surface area (Å²) in [6, 6.07) is -7.53. The number of hydrogen-bond acceptors (Lipinski definition) is 3. The Balaban J connectivity index is 1.91. The summed E-state index contributed by atoms with van der Waals surface area (Å²) in [6.45, 7) is 0.971. The molecular weight excluding hydrogens is 362 g/mol. The van der Waals surface area contributed by atoms with Crippen LogP contribution in [0.15, 0.2) is 72.5 Å². The van der Waals surface area contributed by atoms with Gasteiger partial charge in [0.25, 0.3) is 0 Å². The van der Waals surface area contributed by atoms with Crippen molar-refractivity contribution in [1.29, 1.82) is 0 Å². The molecule has 0 amide bonds. The van der Waals surface area contributed by atoms with E-state index >= 15 is 0 Å². The van der Waals surface area contributed by atoms with E-state index in [9.17, 15) is 15.0 Å². The second-order valence-corrected chi connectivity index (χ2v) is 6.14. The van der Waals surface area contributed by atoms with Crippen molar-refractivity contribution < 1.29 is 32.8 Å². The van der Waals surface area contributed by atoms with Crippen LogP contribution in [0.4, 0.5) is 0 Å². The zero-order valence-corrected chi connectivity index (χ0v) is 15.6. The van der Waals surface area contributed by atoms with E-state index in [1.807, 2.05) is 0 Å². The summed E-state index contributed by atoms with van der Waals surface area (Å²) in [4.78, 5) is 11.7. The summed E-state index contributed by atoms with van der Waals surface area (Å²) in [7, 11) is 0. The molecule has 3 aromatic rings. The predicted octanol–water partition coefficient (Wildman–Crippen LogP) is 4.62. The van der Waals surface area contributed by atoms with Gasteiger partial charge in [-0.1, -0.05) is 66.0 Å². The molecular formula is C25H27NO3. The Labute approximate surface area is 190 Å². The molecule has 0 radical (unpaired) electrons. The van der Waals surface area contributed by atoms with Crippen molar-refractivity contribution in [2.45, 2.75) is 25.8 Å². The van der Waals surface area contributed by atoms with E-state index in [0.717, 1.165) is 0 Å². The molecule has 0 aliphatic carbocycles. The Hall–Kier alpha value is -2.95. The van der Waals surface area contributed by atoms with Gasteiger partial charge >= 0.3 is 5.97 Å². The van der Waals surface area contributed by atoms with Crippen molar-refractivity contribution in [2.24, 2.45) is 0 Å². The van der Waals surface area contributed by atoms with Crippen LogP contribution in [-0.2, 0) is 6.42 Å². The number of aliphatic hydroxyl groups is 1. The topological polar surface area (TPSA) is 69.6 Å². The van der Waals surface area contributed by atoms with E-state index in [0.29, 0.717) is 0 Å². The SMILES string of the molecule is [2H]c1c([2H])c(CCCNC[C@]([2H])(O)c2c([2H])c([2H])c([2H])c(C)c2[2H])c([2H])c(-c2c([2H])c([2H])c([2H])c(C(=O)O)c2[2H])c1[2H]. The summed E-state index contributed by atoms with van der Waals surface area (Å²) < 4.78 is 106. The van der Waals surface area contributed by atoms with Crippen LogP contribution in [0.3, 0.4) is 0 Å². The molecule has 3 N–H and O–H groups in total. The standard InChI is InChI=1S/C25H27NO3/c1-18-6-2-11-22(14-18)24(27)17-26-13-5-8-19-7-3-9-20(15-19)21-10-4-12-23(16-21)25(28)29/h2-4,6-7,9-12,14-16,24,26-27H,5,8,13,17H2,1H3,(H,28,29)/t24-/m0/s1/i2D,3D,4D,6D,7D,9D,10D,11D,12D,14D,15D,16D,24D. The van der Waals surface area contributed by atoms with E-state index in [2.05, 4.69) is 5.32 Å². The number of carboxylic acid groups (broad SMARTS) is 1. The van der Waals surface area contributed by atoms with Crippen molar-refractivity contribution in [3.05, 3.63) is 94.8 Å². The van der Waals surface area contributed by atoms with Gasteiger partial charge in [0.2, 0.25) is 0 Å². The van der Waals surface area contributed by atoms with Gasteiger partial charge in [-0.3, -0.25) is 0 Å². The summed E-state index contributed by atoms with van der Waals surface area (Å²) in [5, 5.41) is 22.9. The maximum atomic E-state index is 11.7. The molecule has 3 aromatic carbocycles. The predicted molar refractivity (Wildman–Crippen MR) is 116 cm³/mol.